The molecule has 1 aliphatic rings. The Morgan fingerprint density at radius 3 is 2.60 bits per heavy atom. The third kappa shape index (κ3) is 8.23. The summed E-state index contributed by atoms with van der Waals surface area (Å²) in [6, 6.07) is 0. The van der Waals surface area contributed by atoms with Crippen molar-refractivity contribution in [1.82, 2.24) is 10.2 Å². The van der Waals surface area contributed by atoms with E-state index in [0.717, 1.165) is 45.3 Å². The van der Waals surface area contributed by atoms with E-state index in [9.17, 15) is 0 Å². The SMILES string of the molecule is CCCNCC(C)(CCC)CN(C)CCOCC1CC1. The first-order valence-electron chi connectivity index (χ1n) is 8.56. The van der Waals surface area contributed by atoms with E-state index in [1.165, 1.54) is 32.1 Å². The molecule has 0 spiro atoms. The van der Waals surface area contributed by atoms with Crippen LogP contribution in [0.3, 0.4) is 0 Å². The van der Waals surface area contributed by atoms with E-state index in [2.05, 4.69) is 38.0 Å². The predicted octanol–water partition coefficient (Wildman–Crippen LogP) is 3.15. The molecule has 0 heterocycles. The van der Waals surface area contributed by atoms with Crippen molar-refractivity contribution in [2.75, 3.05) is 46.4 Å². The van der Waals surface area contributed by atoms with E-state index in [1.54, 1.807) is 0 Å². The number of rotatable bonds is 13. The van der Waals surface area contributed by atoms with Gasteiger partial charge in [0.2, 0.25) is 0 Å². The van der Waals surface area contributed by atoms with Crippen molar-refractivity contribution in [2.24, 2.45) is 11.3 Å². The Labute approximate surface area is 126 Å². The molecule has 0 aromatic rings. The molecule has 3 nitrogen and oxygen atoms in total. The summed E-state index contributed by atoms with van der Waals surface area (Å²) in [7, 11) is 2.23. The maximum Gasteiger partial charge on any atom is 0.0593 e. The smallest absolute Gasteiger partial charge is 0.0593 e. The van der Waals surface area contributed by atoms with Crippen molar-refractivity contribution in [3.8, 4) is 0 Å². The van der Waals surface area contributed by atoms with Crippen LogP contribution in [0.4, 0.5) is 0 Å². The van der Waals surface area contributed by atoms with Crippen molar-refractivity contribution in [3.63, 3.8) is 0 Å². The summed E-state index contributed by atoms with van der Waals surface area (Å²) in [6.07, 6.45) is 6.53. The Morgan fingerprint density at radius 1 is 1.25 bits per heavy atom. The summed E-state index contributed by atoms with van der Waals surface area (Å²) in [4.78, 5) is 2.44. The molecule has 1 saturated carbocycles. The molecule has 1 N–H and O–H groups in total. The van der Waals surface area contributed by atoms with Crippen LogP contribution in [0.15, 0.2) is 0 Å². The Bertz CT molecular complexity index is 243. The Balaban J connectivity index is 2.18. The van der Waals surface area contributed by atoms with Crippen molar-refractivity contribution in [1.29, 1.82) is 0 Å². The third-order valence-electron chi connectivity index (χ3n) is 4.15. The molecular formula is C17H36N2O. The predicted molar refractivity (Wildman–Crippen MR) is 87.2 cm³/mol. The fourth-order valence-corrected chi connectivity index (χ4v) is 2.88. The van der Waals surface area contributed by atoms with Crippen molar-refractivity contribution in [2.45, 2.75) is 52.9 Å². The molecule has 0 saturated heterocycles. The zero-order valence-corrected chi connectivity index (χ0v) is 14.2. The van der Waals surface area contributed by atoms with E-state index < -0.39 is 0 Å². The molecule has 0 aliphatic heterocycles. The van der Waals surface area contributed by atoms with Gasteiger partial charge in [-0.2, -0.15) is 0 Å². The monoisotopic (exact) mass is 284 g/mol. The molecule has 0 aromatic heterocycles. The number of ether oxygens (including phenoxy) is 1. The van der Waals surface area contributed by atoms with Gasteiger partial charge in [-0.3, -0.25) is 0 Å². The second kappa shape index (κ2) is 9.75. The van der Waals surface area contributed by atoms with Crippen LogP contribution in [0.25, 0.3) is 0 Å². The van der Waals surface area contributed by atoms with Gasteiger partial charge < -0.3 is 15.0 Å². The van der Waals surface area contributed by atoms with Gasteiger partial charge in [0, 0.05) is 26.2 Å². The quantitative estimate of drug-likeness (QED) is 0.526. The van der Waals surface area contributed by atoms with Crippen LogP contribution in [0, 0.1) is 11.3 Å². The molecule has 1 unspecified atom stereocenters. The number of nitrogens with zero attached hydrogens (tertiary/aromatic N) is 1. The molecule has 1 fully saturated rings. The average molecular weight is 284 g/mol. The zero-order valence-electron chi connectivity index (χ0n) is 14.2. The lowest BCUT2D eigenvalue weighted by molar-refractivity contribution is 0.0871. The molecule has 1 rings (SSSR count). The number of likely N-dealkylation sites (N-methyl/N-ethyl adjacent to an activating group) is 1. The highest BCUT2D eigenvalue weighted by atomic mass is 16.5. The fourth-order valence-electron chi connectivity index (χ4n) is 2.88. The van der Waals surface area contributed by atoms with Gasteiger partial charge in [0.1, 0.15) is 0 Å². The molecular weight excluding hydrogens is 248 g/mol. The van der Waals surface area contributed by atoms with E-state index >= 15 is 0 Å². The number of nitrogens with one attached hydrogen (secondary N) is 1. The normalized spacial score (nSPS) is 18.4. The van der Waals surface area contributed by atoms with Gasteiger partial charge >= 0.3 is 0 Å². The van der Waals surface area contributed by atoms with Gasteiger partial charge in [-0.1, -0.05) is 27.2 Å². The standard InChI is InChI=1S/C17H36N2O/c1-5-9-17(3,14-18-10-6-2)15-19(4)11-12-20-13-16-7-8-16/h16,18H,5-15H2,1-4H3. The summed E-state index contributed by atoms with van der Waals surface area (Å²) in [5.74, 6) is 0.879. The minimum Gasteiger partial charge on any atom is -0.380 e. The van der Waals surface area contributed by atoms with Gasteiger partial charge in [-0.05, 0) is 50.6 Å². The molecule has 0 bridgehead atoms. The van der Waals surface area contributed by atoms with Crippen molar-refractivity contribution < 1.29 is 4.74 Å². The molecule has 0 aromatic carbocycles. The molecule has 0 radical (unpaired) electrons. The highest BCUT2D eigenvalue weighted by molar-refractivity contribution is 4.80. The fraction of sp³-hybridized carbons (Fsp3) is 1.00. The topological polar surface area (TPSA) is 24.5 Å². The van der Waals surface area contributed by atoms with Crippen LogP contribution in [0.1, 0.15) is 52.9 Å². The Morgan fingerprint density at radius 2 is 2.00 bits per heavy atom. The highest BCUT2D eigenvalue weighted by Crippen LogP contribution is 2.28. The lowest BCUT2D eigenvalue weighted by Gasteiger charge is -2.34. The van der Waals surface area contributed by atoms with Gasteiger partial charge in [-0.15, -0.1) is 0 Å². The largest absolute Gasteiger partial charge is 0.380 e. The first kappa shape index (κ1) is 17.9. The van der Waals surface area contributed by atoms with E-state index in [0.29, 0.717) is 5.41 Å². The lowest BCUT2D eigenvalue weighted by Crippen LogP contribution is -2.42. The maximum atomic E-state index is 5.74. The second-order valence-corrected chi connectivity index (χ2v) is 6.99. The van der Waals surface area contributed by atoms with Gasteiger partial charge in [0.15, 0.2) is 0 Å². The zero-order chi connectivity index (χ0) is 14.8. The summed E-state index contributed by atoms with van der Waals surface area (Å²) >= 11 is 0. The van der Waals surface area contributed by atoms with Gasteiger partial charge in [-0.25, -0.2) is 0 Å². The molecule has 0 amide bonds. The van der Waals surface area contributed by atoms with Crippen LogP contribution >= 0.6 is 0 Å². The molecule has 3 heteroatoms. The molecule has 1 atom stereocenters. The Kier molecular flexibility index (Phi) is 8.74. The maximum absolute atomic E-state index is 5.74. The minimum atomic E-state index is 0.384. The van der Waals surface area contributed by atoms with E-state index in [4.69, 9.17) is 4.74 Å². The first-order valence-corrected chi connectivity index (χ1v) is 8.56. The third-order valence-corrected chi connectivity index (χ3v) is 4.15. The number of hydrogen-bond donors (Lipinski definition) is 1. The van der Waals surface area contributed by atoms with Crippen LogP contribution in [-0.2, 0) is 4.74 Å². The van der Waals surface area contributed by atoms with Crippen molar-refractivity contribution in [3.05, 3.63) is 0 Å². The summed E-state index contributed by atoms with van der Waals surface area (Å²) in [5.41, 5.74) is 0.384. The van der Waals surface area contributed by atoms with E-state index in [-0.39, 0.29) is 0 Å². The minimum absolute atomic E-state index is 0.384. The molecule has 1 aliphatic carbocycles. The van der Waals surface area contributed by atoms with Crippen LogP contribution in [-0.4, -0.2) is 51.3 Å². The van der Waals surface area contributed by atoms with Gasteiger partial charge in [0.25, 0.3) is 0 Å². The molecule has 120 valence electrons. The summed E-state index contributed by atoms with van der Waals surface area (Å²) in [6.45, 7) is 13.3. The highest BCUT2D eigenvalue weighted by Gasteiger charge is 2.25. The summed E-state index contributed by atoms with van der Waals surface area (Å²) < 4.78 is 5.74. The van der Waals surface area contributed by atoms with Crippen LogP contribution < -0.4 is 5.32 Å². The molecule has 20 heavy (non-hydrogen) atoms. The first-order chi connectivity index (χ1) is 9.59. The van der Waals surface area contributed by atoms with Crippen LogP contribution in [0.5, 0.6) is 0 Å². The van der Waals surface area contributed by atoms with E-state index in [1.807, 2.05) is 0 Å². The van der Waals surface area contributed by atoms with Gasteiger partial charge in [0.05, 0.1) is 6.61 Å². The van der Waals surface area contributed by atoms with Crippen molar-refractivity contribution >= 4 is 0 Å². The average Bonchev–Trinajstić information content (AvgIpc) is 3.19. The lowest BCUT2D eigenvalue weighted by atomic mass is 9.85. The Hall–Kier alpha value is -0.120. The van der Waals surface area contributed by atoms with Crippen LogP contribution in [0.2, 0.25) is 0 Å². The second-order valence-electron chi connectivity index (χ2n) is 6.99. The number of hydrogen-bond acceptors (Lipinski definition) is 3. The summed E-state index contributed by atoms with van der Waals surface area (Å²) in [5, 5.41) is 3.60.